The molecule has 0 aliphatic carbocycles. The molecule has 2 aromatic rings. The summed E-state index contributed by atoms with van der Waals surface area (Å²) in [5, 5.41) is 12.7. The summed E-state index contributed by atoms with van der Waals surface area (Å²) in [6.07, 6.45) is 1.68. The van der Waals surface area contributed by atoms with Gasteiger partial charge in [-0.15, -0.1) is 0 Å². The molecule has 1 heterocycles. The van der Waals surface area contributed by atoms with Gasteiger partial charge >= 0.3 is 0 Å². The number of anilines is 2. The van der Waals surface area contributed by atoms with Gasteiger partial charge in [0.25, 0.3) is 0 Å². The van der Waals surface area contributed by atoms with Crippen LogP contribution in [-0.2, 0) is 6.54 Å². The van der Waals surface area contributed by atoms with Crippen LogP contribution in [0.2, 0.25) is 0 Å². The molecule has 0 unspecified atom stereocenters. The van der Waals surface area contributed by atoms with Crippen LogP contribution in [0.4, 0.5) is 11.5 Å². The van der Waals surface area contributed by atoms with Crippen molar-refractivity contribution < 1.29 is 5.11 Å². The number of nitrogens with zero attached hydrogens (tertiary/aromatic N) is 2. The highest BCUT2D eigenvalue weighted by Crippen LogP contribution is 2.20. The minimum atomic E-state index is 0.220. The number of phenols is 1. The molecule has 0 amide bonds. The summed E-state index contributed by atoms with van der Waals surface area (Å²) >= 11 is 0. The smallest absolute Gasteiger partial charge is 0.129 e. The van der Waals surface area contributed by atoms with E-state index in [1.807, 2.05) is 6.92 Å². The van der Waals surface area contributed by atoms with Crippen LogP contribution in [0.15, 0.2) is 30.5 Å². The summed E-state index contributed by atoms with van der Waals surface area (Å²) < 4.78 is 0. The van der Waals surface area contributed by atoms with E-state index >= 15 is 0 Å². The second-order valence-corrected chi connectivity index (χ2v) is 3.73. The number of nitrogens with two attached hydrogens (primary N) is 1. The van der Waals surface area contributed by atoms with E-state index in [0.717, 1.165) is 11.4 Å². The number of aromatic nitrogens is 2. The lowest BCUT2D eigenvalue weighted by Gasteiger charge is -2.08. The highest BCUT2D eigenvalue weighted by molar-refractivity contribution is 5.48. The van der Waals surface area contributed by atoms with Crippen molar-refractivity contribution in [3.05, 3.63) is 41.9 Å². The fourth-order valence-electron chi connectivity index (χ4n) is 1.49. The monoisotopic (exact) mass is 230 g/mol. The number of hydrogen-bond donors (Lipinski definition) is 3. The van der Waals surface area contributed by atoms with Crippen molar-refractivity contribution in [2.24, 2.45) is 0 Å². The first kappa shape index (κ1) is 11.2. The number of aryl methyl sites for hydroxylation is 1. The lowest BCUT2D eigenvalue weighted by atomic mass is 10.2. The lowest BCUT2D eigenvalue weighted by molar-refractivity contribution is 0.469. The molecule has 0 saturated carbocycles. The molecular weight excluding hydrogens is 216 g/mol. The van der Waals surface area contributed by atoms with Gasteiger partial charge in [0.2, 0.25) is 0 Å². The minimum absolute atomic E-state index is 0.220. The van der Waals surface area contributed by atoms with E-state index in [0.29, 0.717) is 18.1 Å². The largest absolute Gasteiger partial charge is 0.508 e. The summed E-state index contributed by atoms with van der Waals surface area (Å²) in [6, 6.07) is 6.75. The first-order valence-electron chi connectivity index (χ1n) is 5.26. The number of rotatable bonds is 3. The fourth-order valence-corrected chi connectivity index (χ4v) is 1.49. The van der Waals surface area contributed by atoms with Crippen molar-refractivity contribution in [3.8, 4) is 5.75 Å². The molecule has 88 valence electrons. The van der Waals surface area contributed by atoms with Crippen LogP contribution in [0.25, 0.3) is 0 Å². The summed E-state index contributed by atoms with van der Waals surface area (Å²) in [4.78, 5) is 8.21. The lowest BCUT2D eigenvalue weighted by Crippen LogP contribution is -2.03. The molecule has 17 heavy (non-hydrogen) atoms. The molecule has 0 fully saturated rings. The van der Waals surface area contributed by atoms with Crippen LogP contribution in [0.3, 0.4) is 0 Å². The third-order valence-electron chi connectivity index (χ3n) is 2.34. The first-order valence-corrected chi connectivity index (χ1v) is 5.26. The Bertz CT molecular complexity index is 528. The molecule has 5 nitrogen and oxygen atoms in total. The van der Waals surface area contributed by atoms with E-state index in [1.165, 1.54) is 0 Å². The van der Waals surface area contributed by atoms with E-state index in [1.54, 1.807) is 30.5 Å². The van der Waals surface area contributed by atoms with Gasteiger partial charge in [0, 0.05) is 24.0 Å². The molecule has 0 bridgehead atoms. The van der Waals surface area contributed by atoms with Gasteiger partial charge in [-0.3, -0.25) is 0 Å². The molecule has 0 saturated heterocycles. The van der Waals surface area contributed by atoms with E-state index in [2.05, 4.69) is 15.3 Å². The Balaban J connectivity index is 2.09. The zero-order valence-electron chi connectivity index (χ0n) is 9.51. The Hall–Kier alpha value is -2.30. The topological polar surface area (TPSA) is 84.1 Å². The van der Waals surface area contributed by atoms with Crippen LogP contribution >= 0.6 is 0 Å². The zero-order chi connectivity index (χ0) is 12.3. The number of aromatic hydroxyl groups is 1. The summed E-state index contributed by atoms with van der Waals surface area (Å²) in [5.41, 5.74) is 7.02. The van der Waals surface area contributed by atoms with E-state index in [4.69, 9.17) is 5.73 Å². The second kappa shape index (κ2) is 4.69. The molecule has 2 rings (SSSR count). The van der Waals surface area contributed by atoms with Gasteiger partial charge in [-0.2, -0.15) is 0 Å². The third kappa shape index (κ3) is 2.84. The normalized spacial score (nSPS) is 10.2. The Kier molecular flexibility index (Phi) is 3.09. The molecule has 0 spiro atoms. The van der Waals surface area contributed by atoms with Crippen molar-refractivity contribution in [1.82, 2.24) is 9.97 Å². The van der Waals surface area contributed by atoms with E-state index in [-0.39, 0.29) is 5.75 Å². The second-order valence-electron chi connectivity index (χ2n) is 3.73. The molecule has 0 aliphatic heterocycles. The van der Waals surface area contributed by atoms with Gasteiger partial charge in [-0.1, -0.05) is 0 Å². The number of benzene rings is 1. The van der Waals surface area contributed by atoms with Gasteiger partial charge < -0.3 is 16.2 Å². The number of nitrogen functional groups attached to an aromatic ring is 1. The van der Waals surface area contributed by atoms with Crippen LogP contribution in [0, 0.1) is 6.92 Å². The van der Waals surface area contributed by atoms with Gasteiger partial charge in [-0.05, 0) is 31.2 Å². The standard InChI is InChI=1S/C12H14N4O/c1-8-14-5-4-12(16-8)15-7-9-6-10(13)2-3-11(9)17/h2-6,17H,7,13H2,1H3,(H,14,15,16). The highest BCUT2D eigenvalue weighted by Gasteiger charge is 2.02. The van der Waals surface area contributed by atoms with Gasteiger partial charge in [-0.25, -0.2) is 9.97 Å². The predicted octanol–water partition coefficient (Wildman–Crippen LogP) is 1.68. The molecule has 5 heteroatoms. The number of phenolic OH excluding ortho intramolecular Hbond substituents is 1. The van der Waals surface area contributed by atoms with Crippen molar-refractivity contribution in [2.75, 3.05) is 11.1 Å². The Morgan fingerprint density at radius 3 is 2.94 bits per heavy atom. The molecule has 0 aliphatic rings. The van der Waals surface area contributed by atoms with Crippen LogP contribution in [0.1, 0.15) is 11.4 Å². The number of hydrogen-bond acceptors (Lipinski definition) is 5. The van der Waals surface area contributed by atoms with Crippen molar-refractivity contribution in [3.63, 3.8) is 0 Å². The van der Waals surface area contributed by atoms with Crippen LogP contribution < -0.4 is 11.1 Å². The van der Waals surface area contributed by atoms with Crippen molar-refractivity contribution in [2.45, 2.75) is 13.5 Å². The summed E-state index contributed by atoms with van der Waals surface area (Å²) in [6.45, 7) is 2.29. The molecule has 0 radical (unpaired) electrons. The molecule has 4 N–H and O–H groups in total. The predicted molar refractivity (Wildman–Crippen MR) is 66.6 cm³/mol. The van der Waals surface area contributed by atoms with Crippen LogP contribution in [-0.4, -0.2) is 15.1 Å². The third-order valence-corrected chi connectivity index (χ3v) is 2.34. The quantitative estimate of drug-likeness (QED) is 0.552. The average Bonchev–Trinajstić information content (AvgIpc) is 2.30. The maximum atomic E-state index is 9.64. The zero-order valence-corrected chi connectivity index (χ0v) is 9.51. The average molecular weight is 230 g/mol. The van der Waals surface area contributed by atoms with E-state index < -0.39 is 0 Å². The van der Waals surface area contributed by atoms with Gasteiger partial charge in [0.15, 0.2) is 0 Å². The Labute approximate surface area is 99.3 Å². The van der Waals surface area contributed by atoms with Crippen molar-refractivity contribution >= 4 is 11.5 Å². The fraction of sp³-hybridized carbons (Fsp3) is 0.167. The Morgan fingerprint density at radius 1 is 1.35 bits per heavy atom. The SMILES string of the molecule is Cc1nccc(NCc2cc(N)ccc2O)n1. The minimum Gasteiger partial charge on any atom is -0.508 e. The highest BCUT2D eigenvalue weighted by atomic mass is 16.3. The molecule has 0 atom stereocenters. The maximum absolute atomic E-state index is 9.64. The molecule has 1 aromatic carbocycles. The summed E-state index contributed by atoms with van der Waals surface area (Å²) in [5.74, 6) is 1.64. The molecular formula is C12H14N4O. The number of nitrogens with one attached hydrogen (secondary N) is 1. The maximum Gasteiger partial charge on any atom is 0.129 e. The first-order chi connectivity index (χ1) is 8.15. The molecule has 1 aromatic heterocycles. The Morgan fingerprint density at radius 2 is 2.18 bits per heavy atom. The summed E-state index contributed by atoms with van der Waals surface area (Å²) in [7, 11) is 0. The van der Waals surface area contributed by atoms with E-state index in [9.17, 15) is 5.11 Å². The van der Waals surface area contributed by atoms with Gasteiger partial charge in [0.05, 0.1) is 0 Å². The van der Waals surface area contributed by atoms with Crippen molar-refractivity contribution in [1.29, 1.82) is 0 Å². The van der Waals surface area contributed by atoms with Gasteiger partial charge in [0.1, 0.15) is 17.4 Å². The van der Waals surface area contributed by atoms with Crippen LogP contribution in [0.5, 0.6) is 5.75 Å².